The average molecular weight is 318 g/mol. The Morgan fingerprint density at radius 2 is 1.88 bits per heavy atom. The molecule has 0 N–H and O–H groups in total. The molecule has 0 atom stereocenters. The first-order valence-electron chi connectivity index (χ1n) is 7.29. The highest BCUT2D eigenvalue weighted by Crippen LogP contribution is 2.22. The number of benzene rings is 2. The summed E-state index contributed by atoms with van der Waals surface area (Å²) in [6.45, 7) is 0.445. The van der Waals surface area contributed by atoms with Crippen molar-refractivity contribution < 1.29 is 9.53 Å². The maximum atomic E-state index is 11.5. The first kappa shape index (κ1) is 15.4. The van der Waals surface area contributed by atoms with Gasteiger partial charge >= 0.3 is 5.97 Å². The van der Waals surface area contributed by atoms with Crippen molar-refractivity contribution in [1.29, 1.82) is 5.26 Å². The number of esters is 1. The summed E-state index contributed by atoms with van der Waals surface area (Å²) < 4.78 is 6.37. The molecule has 0 aliphatic carbocycles. The highest BCUT2D eigenvalue weighted by molar-refractivity contribution is 5.89. The van der Waals surface area contributed by atoms with E-state index in [0.29, 0.717) is 17.8 Å². The average Bonchev–Trinajstić information content (AvgIpc) is 3.05. The molecular formula is C18H14N4O2. The molecule has 0 aliphatic heterocycles. The van der Waals surface area contributed by atoms with Gasteiger partial charge < -0.3 is 4.74 Å². The minimum atomic E-state index is -0.376. The predicted molar refractivity (Wildman–Crippen MR) is 87.1 cm³/mol. The second kappa shape index (κ2) is 6.75. The van der Waals surface area contributed by atoms with E-state index < -0.39 is 0 Å². The van der Waals surface area contributed by atoms with Gasteiger partial charge in [-0.05, 0) is 17.7 Å². The van der Waals surface area contributed by atoms with Crippen LogP contribution in [-0.2, 0) is 11.3 Å². The number of rotatable bonds is 4. The molecule has 24 heavy (non-hydrogen) atoms. The van der Waals surface area contributed by atoms with Gasteiger partial charge in [-0.15, -0.1) is 5.10 Å². The summed E-state index contributed by atoms with van der Waals surface area (Å²) in [6.07, 6.45) is 0. The summed E-state index contributed by atoms with van der Waals surface area (Å²) in [5, 5.41) is 17.3. The summed E-state index contributed by atoms with van der Waals surface area (Å²) in [7, 11) is 1.35. The number of nitrogens with zero attached hydrogens (tertiary/aromatic N) is 4. The van der Waals surface area contributed by atoms with Crippen molar-refractivity contribution in [2.75, 3.05) is 7.11 Å². The first-order chi connectivity index (χ1) is 11.7. The van der Waals surface area contributed by atoms with Crippen molar-refractivity contribution in [2.24, 2.45) is 0 Å². The van der Waals surface area contributed by atoms with Gasteiger partial charge in [-0.25, -0.2) is 9.48 Å². The second-order valence-corrected chi connectivity index (χ2v) is 5.11. The van der Waals surface area contributed by atoms with Crippen molar-refractivity contribution in [2.45, 2.75) is 6.54 Å². The van der Waals surface area contributed by atoms with E-state index in [0.717, 1.165) is 11.1 Å². The van der Waals surface area contributed by atoms with Crippen LogP contribution in [-0.4, -0.2) is 28.1 Å². The Bertz CT molecular complexity index is 893. The van der Waals surface area contributed by atoms with E-state index in [4.69, 9.17) is 0 Å². The minimum absolute atomic E-state index is 0.285. The van der Waals surface area contributed by atoms with E-state index in [9.17, 15) is 10.1 Å². The summed E-state index contributed by atoms with van der Waals surface area (Å²) >= 11 is 0. The third-order valence-corrected chi connectivity index (χ3v) is 3.60. The smallest absolute Gasteiger partial charge is 0.337 e. The number of carbonyl (C=O) groups excluding carboxylic acids is 1. The summed E-state index contributed by atoms with van der Waals surface area (Å²) in [5.41, 5.74) is 3.27. The van der Waals surface area contributed by atoms with Gasteiger partial charge in [0.1, 0.15) is 11.8 Å². The third-order valence-electron chi connectivity index (χ3n) is 3.60. The Labute approximate surface area is 138 Å². The number of carbonyl (C=O) groups is 1. The molecule has 0 aliphatic rings. The van der Waals surface area contributed by atoms with E-state index in [2.05, 4.69) is 21.1 Å². The summed E-state index contributed by atoms with van der Waals surface area (Å²) in [5.74, 6) is -0.376. The fraction of sp³-hybridized carbons (Fsp3) is 0.111. The molecule has 0 unspecified atom stereocenters. The van der Waals surface area contributed by atoms with Gasteiger partial charge in [-0.1, -0.05) is 47.7 Å². The van der Waals surface area contributed by atoms with Crippen LogP contribution in [0.5, 0.6) is 0 Å². The first-order valence-corrected chi connectivity index (χ1v) is 7.29. The lowest BCUT2D eigenvalue weighted by atomic mass is 10.1. The predicted octanol–water partition coefficient (Wildman–Crippen LogP) is 2.65. The highest BCUT2D eigenvalue weighted by atomic mass is 16.5. The molecule has 0 fully saturated rings. The Balaban J connectivity index is 1.93. The molecule has 0 spiro atoms. The molecule has 0 amide bonds. The van der Waals surface area contributed by atoms with E-state index in [1.807, 2.05) is 42.5 Å². The summed E-state index contributed by atoms with van der Waals surface area (Å²) in [6, 6.07) is 18.7. The van der Waals surface area contributed by atoms with Crippen LogP contribution in [0, 0.1) is 11.3 Å². The SMILES string of the molecule is COC(=O)c1ccc(Cn2nnc(C#N)c2-c2ccccc2)cc1. The van der Waals surface area contributed by atoms with Gasteiger partial charge in [-0.2, -0.15) is 5.26 Å². The van der Waals surface area contributed by atoms with Crippen molar-refractivity contribution in [3.63, 3.8) is 0 Å². The summed E-state index contributed by atoms with van der Waals surface area (Å²) in [4.78, 5) is 11.5. The maximum Gasteiger partial charge on any atom is 0.337 e. The lowest BCUT2D eigenvalue weighted by Crippen LogP contribution is -2.05. The van der Waals surface area contributed by atoms with Gasteiger partial charge in [0.2, 0.25) is 0 Å². The van der Waals surface area contributed by atoms with E-state index in [1.54, 1.807) is 16.8 Å². The van der Waals surface area contributed by atoms with E-state index in [-0.39, 0.29) is 11.7 Å². The van der Waals surface area contributed by atoms with Crippen LogP contribution in [0.3, 0.4) is 0 Å². The molecule has 3 rings (SSSR count). The standard InChI is InChI=1S/C18H14N4O2/c1-24-18(23)15-9-7-13(8-10-15)12-22-17(16(11-19)20-21-22)14-5-3-2-4-6-14/h2-10H,12H2,1H3. The fourth-order valence-electron chi connectivity index (χ4n) is 2.42. The Morgan fingerprint density at radius 3 is 2.50 bits per heavy atom. The van der Waals surface area contributed by atoms with Crippen LogP contribution in [0.25, 0.3) is 11.3 Å². The molecule has 1 heterocycles. The number of hydrogen-bond donors (Lipinski definition) is 0. The van der Waals surface area contributed by atoms with Crippen LogP contribution < -0.4 is 0 Å². The van der Waals surface area contributed by atoms with Gasteiger partial charge in [0.15, 0.2) is 5.69 Å². The number of aromatic nitrogens is 3. The number of nitriles is 1. The highest BCUT2D eigenvalue weighted by Gasteiger charge is 2.15. The fourth-order valence-corrected chi connectivity index (χ4v) is 2.42. The van der Waals surface area contributed by atoms with Gasteiger partial charge in [0.05, 0.1) is 19.2 Å². The quantitative estimate of drug-likeness (QED) is 0.691. The Morgan fingerprint density at radius 1 is 1.17 bits per heavy atom. The van der Waals surface area contributed by atoms with E-state index in [1.165, 1.54) is 7.11 Å². The molecule has 3 aromatic rings. The Hall–Kier alpha value is -3.46. The van der Waals surface area contributed by atoms with Gasteiger partial charge in [0, 0.05) is 5.56 Å². The van der Waals surface area contributed by atoms with Crippen molar-refractivity contribution >= 4 is 5.97 Å². The monoisotopic (exact) mass is 318 g/mol. The number of methoxy groups -OCH3 is 1. The van der Waals surface area contributed by atoms with Crippen molar-refractivity contribution in [1.82, 2.24) is 15.0 Å². The van der Waals surface area contributed by atoms with Crippen LogP contribution in [0.15, 0.2) is 54.6 Å². The molecule has 118 valence electrons. The lowest BCUT2D eigenvalue weighted by Gasteiger charge is -2.07. The van der Waals surface area contributed by atoms with Crippen LogP contribution in [0.4, 0.5) is 0 Å². The minimum Gasteiger partial charge on any atom is -0.465 e. The van der Waals surface area contributed by atoms with Crippen LogP contribution in [0.2, 0.25) is 0 Å². The maximum absolute atomic E-state index is 11.5. The molecule has 2 aromatic carbocycles. The third kappa shape index (κ3) is 3.01. The molecular weight excluding hydrogens is 304 g/mol. The van der Waals surface area contributed by atoms with Gasteiger partial charge in [-0.3, -0.25) is 0 Å². The largest absolute Gasteiger partial charge is 0.465 e. The molecule has 1 aromatic heterocycles. The topological polar surface area (TPSA) is 80.8 Å². The lowest BCUT2D eigenvalue weighted by molar-refractivity contribution is 0.0600. The van der Waals surface area contributed by atoms with Crippen LogP contribution in [0.1, 0.15) is 21.6 Å². The molecule has 0 bridgehead atoms. The molecule has 6 nitrogen and oxygen atoms in total. The van der Waals surface area contributed by atoms with Gasteiger partial charge in [0.25, 0.3) is 0 Å². The number of ether oxygens (including phenoxy) is 1. The number of hydrogen-bond acceptors (Lipinski definition) is 5. The molecule has 6 heteroatoms. The zero-order valence-electron chi connectivity index (χ0n) is 13.0. The molecule has 0 radical (unpaired) electrons. The zero-order valence-corrected chi connectivity index (χ0v) is 13.0. The second-order valence-electron chi connectivity index (χ2n) is 5.11. The molecule has 0 saturated heterocycles. The zero-order chi connectivity index (χ0) is 16.9. The normalized spacial score (nSPS) is 10.2. The van der Waals surface area contributed by atoms with Crippen LogP contribution >= 0.6 is 0 Å². The van der Waals surface area contributed by atoms with E-state index >= 15 is 0 Å². The van der Waals surface area contributed by atoms with Crippen molar-refractivity contribution in [3.8, 4) is 17.3 Å². The Kier molecular flexibility index (Phi) is 4.34. The van der Waals surface area contributed by atoms with Crippen molar-refractivity contribution in [3.05, 3.63) is 71.4 Å². The molecule has 0 saturated carbocycles.